The van der Waals surface area contributed by atoms with Crippen molar-refractivity contribution in [3.8, 4) is 5.75 Å². The second kappa shape index (κ2) is 7.94. The minimum absolute atomic E-state index is 0.0997. The number of hydrogen-bond donors (Lipinski definition) is 1. The van der Waals surface area contributed by atoms with E-state index in [1.807, 2.05) is 61.7 Å². The van der Waals surface area contributed by atoms with E-state index < -0.39 is 5.54 Å². The Bertz CT molecular complexity index is 1230. The van der Waals surface area contributed by atoms with Crippen LogP contribution >= 0.6 is 0 Å². The standard InChI is InChI=1S/C27H31N3O3/c1-17-11-18(2)13-21(12-17)30-25(31)24-14-19-9-10-22(33-4)15-23(19)29(24)16-27(30,3)26(32)28-20-7-5-6-8-20/h9-15,20H,5-8,16H2,1-4H3,(H,28,32)/t27-/m1/s1. The first kappa shape index (κ1) is 21.6. The summed E-state index contributed by atoms with van der Waals surface area (Å²) in [6.07, 6.45) is 4.25. The van der Waals surface area contributed by atoms with Crippen molar-refractivity contribution in [1.82, 2.24) is 9.88 Å². The van der Waals surface area contributed by atoms with Crippen LogP contribution in [0.3, 0.4) is 0 Å². The number of ether oxygens (including phenoxy) is 1. The first-order valence-corrected chi connectivity index (χ1v) is 11.7. The van der Waals surface area contributed by atoms with Crippen molar-refractivity contribution in [1.29, 1.82) is 0 Å². The molecule has 172 valence electrons. The molecular weight excluding hydrogens is 414 g/mol. The van der Waals surface area contributed by atoms with E-state index in [-0.39, 0.29) is 17.9 Å². The van der Waals surface area contributed by atoms with Gasteiger partial charge in [-0.15, -0.1) is 0 Å². The van der Waals surface area contributed by atoms with Crippen molar-refractivity contribution in [2.24, 2.45) is 0 Å². The van der Waals surface area contributed by atoms with Crippen LogP contribution in [0.5, 0.6) is 5.75 Å². The second-order valence-corrected chi connectivity index (χ2v) is 9.76. The van der Waals surface area contributed by atoms with Crippen LogP contribution in [0.1, 0.15) is 54.2 Å². The highest BCUT2D eigenvalue weighted by molar-refractivity contribution is 6.14. The minimum Gasteiger partial charge on any atom is -0.497 e. The first-order chi connectivity index (χ1) is 15.8. The molecule has 33 heavy (non-hydrogen) atoms. The number of carbonyl (C=O) groups is 2. The van der Waals surface area contributed by atoms with Gasteiger partial charge in [0.25, 0.3) is 5.91 Å². The fraction of sp³-hybridized carbons (Fsp3) is 0.407. The van der Waals surface area contributed by atoms with E-state index in [0.717, 1.165) is 59.2 Å². The van der Waals surface area contributed by atoms with Crippen LogP contribution in [-0.2, 0) is 11.3 Å². The third kappa shape index (κ3) is 3.58. The average Bonchev–Trinajstić information content (AvgIpc) is 3.40. The van der Waals surface area contributed by atoms with Crippen molar-refractivity contribution < 1.29 is 14.3 Å². The van der Waals surface area contributed by atoms with E-state index in [1.54, 1.807) is 12.0 Å². The normalized spacial score (nSPS) is 20.8. The van der Waals surface area contributed by atoms with E-state index in [2.05, 4.69) is 11.4 Å². The van der Waals surface area contributed by atoms with Gasteiger partial charge >= 0.3 is 0 Å². The molecule has 0 unspecified atom stereocenters. The zero-order chi connectivity index (χ0) is 23.3. The summed E-state index contributed by atoms with van der Waals surface area (Å²) in [4.78, 5) is 29.5. The number of hydrogen-bond acceptors (Lipinski definition) is 3. The minimum atomic E-state index is -1.07. The molecule has 0 bridgehead atoms. The maximum Gasteiger partial charge on any atom is 0.275 e. The molecule has 2 amide bonds. The lowest BCUT2D eigenvalue weighted by molar-refractivity contribution is -0.127. The molecule has 0 saturated heterocycles. The van der Waals surface area contributed by atoms with Gasteiger partial charge in [0.15, 0.2) is 0 Å². The number of rotatable bonds is 4. The van der Waals surface area contributed by atoms with Crippen LogP contribution in [0.25, 0.3) is 10.9 Å². The lowest BCUT2D eigenvalue weighted by atomic mass is 9.92. The van der Waals surface area contributed by atoms with Gasteiger partial charge in [-0.05, 0) is 75.1 Å². The van der Waals surface area contributed by atoms with E-state index in [4.69, 9.17) is 4.74 Å². The van der Waals surface area contributed by atoms with Crippen LogP contribution < -0.4 is 15.0 Å². The van der Waals surface area contributed by atoms with Gasteiger partial charge < -0.3 is 14.6 Å². The third-order valence-corrected chi connectivity index (χ3v) is 7.14. The van der Waals surface area contributed by atoms with Gasteiger partial charge in [0, 0.05) is 23.2 Å². The molecule has 5 rings (SSSR count). The largest absolute Gasteiger partial charge is 0.497 e. The predicted molar refractivity (Wildman–Crippen MR) is 130 cm³/mol. The Morgan fingerprint density at radius 1 is 1.06 bits per heavy atom. The maximum atomic E-state index is 14.0. The highest BCUT2D eigenvalue weighted by Crippen LogP contribution is 2.37. The molecular formula is C27H31N3O3. The Morgan fingerprint density at radius 3 is 2.42 bits per heavy atom. The summed E-state index contributed by atoms with van der Waals surface area (Å²) in [6.45, 7) is 6.30. The summed E-state index contributed by atoms with van der Waals surface area (Å²) < 4.78 is 7.41. The highest BCUT2D eigenvalue weighted by atomic mass is 16.5. The number of fused-ring (bicyclic) bond motifs is 3. The summed E-state index contributed by atoms with van der Waals surface area (Å²) in [5, 5.41) is 4.22. The van der Waals surface area contributed by atoms with Gasteiger partial charge in [0.1, 0.15) is 17.0 Å². The van der Waals surface area contributed by atoms with Crippen LogP contribution in [0.4, 0.5) is 5.69 Å². The Kier molecular flexibility index (Phi) is 5.19. The zero-order valence-corrected chi connectivity index (χ0v) is 19.8. The Labute approximate surface area is 194 Å². The second-order valence-electron chi connectivity index (χ2n) is 9.76. The van der Waals surface area contributed by atoms with E-state index in [9.17, 15) is 9.59 Å². The molecule has 1 saturated carbocycles. The van der Waals surface area contributed by atoms with Gasteiger partial charge in [0.05, 0.1) is 19.2 Å². The maximum absolute atomic E-state index is 14.0. The Balaban J connectivity index is 1.67. The highest BCUT2D eigenvalue weighted by Gasteiger charge is 2.49. The quantitative estimate of drug-likeness (QED) is 0.631. The molecule has 1 aliphatic heterocycles. The summed E-state index contributed by atoms with van der Waals surface area (Å²) in [6, 6.07) is 14.0. The number of amides is 2. The number of aromatic nitrogens is 1. The Morgan fingerprint density at radius 2 is 1.76 bits per heavy atom. The lowest BCUT2D eigenvalue weighted by Crippen LogP contribution is -2.65. The van der Waals surface area contributed by atoms with Crippen molar-refractivity contribution in [2.45, 2.75) is 64.6 Å². The molecule has 6 nitrogen and oxygen atoms in total. The number of nitrogens with zero attached hydrogens (tertiary/aromatic N) is 2. The topological polar surface area (TPSA) is 63.6 Å². The van der Waals surface area contributed by atoms with Crippen LogP contribution in [0, 0.1) is 13.8 Å². The number of carbonyl (C=O) groups excluding carboxylic acids is 2. The third-order valence-electron chi connectivity index (χ3n) is 7.14. The molecule has 1 N–H and O–H groups in total. The molecule has 2 heterocycles. The number of anilines is 1. The fourth-order valence-corrected chi connectivity index (χ4v) is 5.49. The van der Waals surface area contributed by atoms with E-state index in [1.165, 1.54) is 0 Å². The lowest BCUT2D eigenvalue weighted by Gasteiger charge is -2.44. The van der Waals surface area contributed by atoms with Gasteiger partial charge in [0.2, 0.25) is 5.91 Å². The number of aryl methyl sites for hydroxylation is 2. The predicted octanol–water partition coefficient (Wildman–Crippen LogP) is 4.74. The number of methoxy groups -OCH3 is 1. The smallest absolute Gasteiger partial charge is 0.275 e. The molecule has 1 fully saturated rings. The first-order valence-electron chi connectivity index (χ1n) is 11.7. The summed E-state index contributed by atoms with van der Waals surface area (Å²) in [5.41, 5.74) is 3.30. The molecule has 2 aromatic carbocycles. The van der Waals surface area contributed by atoms with E-state index >= 15 is 0 Å². The van der Waals surface area contributed by atoms with Gasteiger partial charge in [-0.1, -0.05) is 18.9 Å². The van der Waals surface area contributed by atoms with E-state index in [0.29, 0.717) is 12.2 Å². The summed E-state index contributed by atoms with van der Waals surface area (Å²) in [5.74, 6) is 0.465. The molecule has 0 radical (unpaired) electrons. The number of nitrogens with one attached hydrogen (secondary N) is 1. The van der Waals surface area contributed by atoms with Crippen LogP contribution in [-0.4, -0.2) is 35.1 Å². The zero-order valence-electron chi connectivity index (χ0n) is 19.8. The van der Waals surface area contributed by atoms with Crippen LogP contribution in [0.2, 0.25) is 0 Å². The van der Waals surface area contributed by atoms with Crippen molar-refractivity contribution in [2.75, 3.05) is 12.0 Å². The molecule has 3 aromatic rings. The molecule has 2 aliphatic rings. The molecule has 6 heteroatoms. The van der Waals surface area contributed by atoms with Crippen molar-refractivity contribution in [3.63, 3.8) is 0 Å². The van der Waals surface area contributed by atoms with Crippen LogP contribution in [0.15, 0.2) is 42.5 Å². The molecule has 1 atom stereocenters. The molecule has 1 aromatic heterocycles. The SMILES string of the molecule is COc1ccc2cc3n(c2c1)C[C@](C)(C(=O)NC1CCCC1)N(c1cc(C)cc(C)c1)C3=O. The van der Waals surface area contributed by atoms with Gasteiger partial charge in [-0.3, -0.25) is 14.5 Å². The van der Waals surface area contributed by atoms with Crippen molar-refractivity contribution >= 4 is 28.4 Å². The van der Waals surface area contributed by atoms with Crippen molar-refractivity contribution in [3.05, 3.63) is 59.3 Å². The molecule has 1 aliphatic carbocycles. The molecule has 0 spiro atoms. The Hall–Kier alpha value is -3.28. The van der Waals surface area contributed by atoms with Gasteiger partial charge in [-0.25, -0.2) is 0 Å². The monoisotopic (exact) mass is 445 g/mol. The fourth-order valence-electron chi connectivity index (χ4n) is 5.49. The number of benzene rings is 2. The summed E-state index contributed by atoms with van der Waals surface area (Å²) >= 11 is 0. The average molecular weight is 446 g/mol. The summed E-state index contributed by atoms with van der Waals surface area (Å²) in [7, 11) is 1.63. The van der Waals surface area contributed by atoms with Gasteiger partial charge in [-0.2, -0.15) is 0 Å².